The van der Waals surface area contributed by atoms with Gasteiger partial charge in [-0.05, 0) is 47.1 Å². The molecule has 0 spiro atoms. The van der Waals surface area contributed by atoms with Gasteiger partial charge in [-0.25, -0.2) is 0 Å². The van der Waals surface area contributed by atoms with Crippen molar-refractivity contribution in [1.82, 2.24) is 0 Å². The minimum absolute atomic E-state index is 0.0361. The average Bonchev–Trinajstić information content (AvgIpc) is 2.54. The number of allylic oxidation sites excluding steroid dienone is 5. The Labute approximate surface area is 141 Å². The second-order valence-corrected chi connectivity index (χ2v) is 6.63. The van der Waals surface area contributed by atoms with Crippen LogP contribution in [0, 0.1) is 28.1 Å². The summed E-state index contributed by atoms with van der Waals surface area (Å²) >= 11 is 0. The zero-order valence-corrected chi connectivity index (χ0v) is 13.7. The standard InChI is InChI=1S/C20H18N2O2/c1-20(2)9-15(8-16(10-20)18(11-21)12-22)4-3-14-5-6-19(24)17(7-14)13-23/h3-8,13,24H,9-10H2,1-2H3. The minimum Gasteiger partial charge on any atom is -0.507 e. The topological polar surface area (TPSA) is 84.9 Å². The predicted molar refractivity (Wildman–Crippen MR) is 91.9 cm³/mol. The summed E-state index contributed by atoms with van der Waals surface area (Å²) in [6, 6.07) is 8.73. The van der Waals surface area contributed by atoms with Gasteiger partial charge in [0.05, 0.1) is 5.56 Å². The molecule has 1 aromatic carbocycles. The molecule has 1 aliphatic rings. The van der Waals surface area contributed by atoms with E-state index in [0.29, 0.717) is 12.7 Å². The third-order valence-corrected chi connectivity index (χ3v) is 3.92. The van der Waals surface area contributed by atoms with Gasteiger partial charge in [0.25, 0.3) is 0 Å². The van der Waals surface area contributed by atoms with Crippen molar-refractivity contribution >= 4 is 12.4 Å². The van der Waals surface area contributed by atoms with Gasteiger partial charge in [0.1, 0.15) is 23.5 Å². The first kappa shape index (κ1) is 17.2. The zero-order chi connectivity index (χ0) is 17.7. The minimum atomic E-state index is -0.0435. The predicted octanol–water partition coefficient (Wildman–Crippen LogP) is 4.31. The Hall–Kier alpha value is -3.11. The Kier molecular flexibility index (Phi) is 5.02. The summed E-state index contributed by atoms with van der Waals surface area (Å²) < 4.78 is 0. The van der Waals surface area contributed by atoms with Crippen LogP contribution in [-0.4, -0.2) is 11.4 Å². The number of aldehydes is 1. The van der Waals surface area contributed by atoms with E-state index in [1.807, 2.05) is 30.4 Å². The molecular weight excluding hydrogens is 300 g/mol. The Morgan fingerprint density at radius 3 is 2.54 bits per heavy atom. The number of benzene rings is 1. The maximum atomic E-state index is 10.9. The smallest absolute Gasteiger partial charge is 0.153 e. The van der Waals surface area contributed by atoms with Gasteiger partial charge in [-0.15, -0.1) is 0 Å². The summed E-state index contributed by atoms with van der Waals surface area (Å²) in [6.45, 7) is 4.20. The molecule has 0 unspecified atom stereocenters. The van der Waals surface area contributed by atoms with E-state index in [4.69, 9.17) is 10.5 Å². The van der Waals surface area contributed by atoms with Crippen molar-refractivity contribution in [2.45, 2.75) is 26.7 Å². The maximum absolute atomic E-state index is 10.9. The number of carbonyl (C=O) groups excluding carboxylic acids is 1. The summed E-state index contributed by atoms with van der Waals surface area (Å²) in [5, 5.41) is 27.7. The molecular formula is C20H18N2O2. The Bertz CT molecular complexity index is 827. The first-order chi connectivity index (χ1) is 11.4. The molecule has 0 heterocycles. The highest BCUT2D eigenvalue weighted by Crippen LogP contribution is 2.39. The molecule has 24 heavy (non-hydrogen) atoms. The van der Waals surface area contributed by atoms with Gasteiger partial charge in [0, 0.05) is 0 Å². The van der Waals surface area contributed by atoms with Gasteiger partial charge in [-0.1, -0.05) is 38.1 Å². The summed E-state index contributed by atoms with van der Waals surface area (Å²) in [6.07, 6.45) is 7.81. The quantitative estimate of drug-likeness (QED) is 0.665. The molecule has 0 fully saturated rings. The lowest BCUT2D eigenvalue weighted by atomic mass is 9.74. The number of aromatic hydroxyl groups is 1. The molecule has 2 rings (SSSR count). The van der Waals surface area contributed by atoms with Gasteiger partial charge >= 0.3 is 0 Å². The molecule has 0 bridgehead atoms. The maximum Gasteiger partial charge on any atom is 0.153 e. The number of nitriles is 2. The summed E-state index contributed by atoms with van der Waals surface area (Å²) in [7, 11) is 0. The van der Waals surface area contributed by atoms with E-state index >= 15 is 0 Å². The van der Waals surface area contributed by atoms with Crippen molar-refractivity contribution in [1.29, 1.82) is 10.5 Å². The average molecular weight is 318 g/mol. The molecule has 1 aromatic rings. The van der Waals surface area contributed by atoms with Crippen LogP contribution >= 0.6 is 0 Å². The summed E-state index contributed by atoms with van der Waals surface area (Å²) in [5.41, 5.74) is 2.94. The van der Waals surface area contributed by atoms with Crippen LogP contribution in [0.3, 0.4) is 0 Å². The Morgan fingerprint density at radius 2 is 1.92 bits per heavy atom. The van der Waals surface area contributed by atoms with Gasteiger partial charge in [-0.2, -0.15) is 10.5 Å². The van der Waals surface area contributed by atoms with Crippen LogP contribution < -0.4 is 0 Å². The van der Waals surface area contributed by atoms with Crippen LogP contribution in [0.4, 0.5) is 0 Å². The second kappa shape index (κ2) is 6.98. The number of carbonyl (C=O) groups is 1. The van der Waals surface area contributed by atoms with Gasteiger partial charge in [0.2, 0.25) is 0 Å². The number of nitrogens with zero attached hydrogens (tertiary/aromatic N) is 2. The molecule has 1 aliphatic carbocycles. The van der Waals surface area contributed by atoms with E-state index in [0.717, 1.165) is 23.1 Å². The molecule has 0 amide bonds. The number of phenolic OH excluding ortho intramolecular Hbond substituents is 1. The molecule has 0 aliphatic heterocycles. The fraction of sp³-hybridized carbons (Fsp3) is 0.250. The van der Waals surface area contributed by atoms with Crippen LogP contribution in [0.15, 0.2) is 47.1 Å². The SMILES string of the molecule is CC1(C)CC(C=Cc2ccc(O)c(C=O)c2)=CC(=C(C#N)C#N)C1. The first-order valence-corrected chi connectivity index (χ1v) is 7.59. The number of rotatable bonds is 3. The third-order valence-electron chi connectivity index (χ3n) is 3.92. The van der Waals surface area contributed by atoms with Crippen molar-refractivity contribution in [3.05, 3.63) is 58.2 Å². The molecule has 0 saturated heterocycles. The van der Waals surface area contributed by atoms with Crippen LogP contribution in [0.1, 0.15) is 42.6 Å². The van der Waals surface area contributed by atoms with Crippen LogP contribution in [0.5, 0.6) is 5.75 Å². The van der Waals surface area contributed by atoms with Crippen molar-refractivity contribution < 1.29 is 9.90 Å². The van der Waals surface area contributed by atoms with E-state index in [9.17, 15) is 9.90 Å². The zero-order valence-electron chi connectivity index (χ0n) is 13.7. The van der Waals surface area contributed by atoms with E-state index in [2.05, 4.69) is 13.8 Å². The van der Waals surface area contributed by atoms with E-state index in [-0.39, 0.29) is 22.3 Å². The fourth-order valence-corrected chi connectivity index (χ4v) is 2.87. The third kappa shape index (κ3) is 4.00. The fourth-order valence-electron chi connectivity index (χ4n) is 2.87. The monoisotopic (exact) mass is 318 g/mol. The Morgan fingerprint density at radius 1 is 1.21 bits per heavy atom. The number of hydrogen-bond acceptors (Lipinski definition) is 4. The normalized spacial score (nSPS) is 16.2. The molecule has 0 aromatic heterocycles. The van der Waals surface area contributed by atoms with Crippen LogP contribution in [0.2, 0.25) is 0 Å². The van der Waals surface area contributed by atoms with Crippen molar-refractivity contribution in [3.8, 4) is 17.9 Å². The number of phenols is 1. The van der Waals surface area contributed by atoms with E-state index < -0.39 is 0 Å². The van der Waals surface area contributed by atoms with Gasteiger partial charge in [0.15, 0.2) is 6.29 Å². The van der Waals surface area contributed by atoms with Gasteiger partial charge < -0.3 is 5.11 Å². The van der Waals surface area contributed by atoms with E-state index in [1.165, 1.54) is 6.07 Å². The van der Waals surface area contributed by atoms with Gasteiger partial charge in [-0.3, -0.25) is 4.79 Å². The molecule has 0 atom stereocenters. The molecule has 0 radical (unpaired) electrons. The van der Waals surface area contributed by atoms with Crippen molar-refractivity contribution in [2.75, 3.05) is 0 Å². The molecule has 4 heteroatoms. The van der Waals surface area contributed by atoms with E-state index in [1.54, 1.807) is 12.1 Å². The lowest BCUT2D eigenvalue weighted by Gasteiger charge is -2.30. The van der Waals surface area contributed by atoms with Crippen LogP contribution in [0.25, 0.3) is 6.08 Å². The highest BCUT2D eigenvalue weighted by atomic mass is 16.3. The highest BCUT2D eigenvalue weighted by molar-refractivity contribution is 5.80. The summed E-state index contributed by atoms with van der Waals surface area (Å²) in [4.78, 5) is 10.9. The molecule has 1 N–H and O–H groups in total. The highest BCUT2D eigenvalue weighted by Gasteiger charge is 2.26. The number of hydrogen-bond donors (Lipinski definition) is 1. The lowest BCUT2D eigenvalue weighted by molar-refractivity contribution is 0.112. The molecule has 120 valence electrons. The molecule has 0 saturated carbocycles. The Balaban J connectivity index is 2.37. The first-order valence-electron chi connectivity index (χ1n) is 7.59. The second-order valence-electron chi connectivity index (χ2n) is 6.63. The molecule has 4 nitrogen and oxygen atoms in total. The van der Waals surface area contributed by atoms with Crippen molar-refractivity contribution in [3.63, 3.8) is 0 Å². The van der Waals surface area contributed by atoms with Crippen molar-refractivity contribution in [2.24, 2.45) is 5.41 Å². The lowest BCUT2D eigenvalue weighted by Crippen LogP contribution is -2.17. The van der Waals surface area contributed by atoms with Crippen LogP contribution in [-0.2, 0) is 0 Å². The summed E-state index contributed by atoms with van der Waals surface area (Å²) in [5.74, 6) is -0.0435. The largest absolute Gasteiger partial charge is 0.507 e.